The molecular weight excluding hydrogens is 250 g/mol. The fourth-order valence-electron chi connectivity index (χ4n) is 1.95. The number of methoxy groups -OCH3 is 2. The van der Waals surface area contributed by atoms with Gasteiger partial charge in [0.25, 0.3) is 0 Å². The molecular formula is C14H18ClNO2. The van der Waals surface area contributed by atoms with Gasteiger partial charge in [0, 0.05) is 0 Å². The maximum atomic E-state index is 5.56. The SMILES string of the molecule is COc1cc2ccc(CCN)cc2cc1OC.Cl. The Labute approximate surface area is 113 Å². The topological polar surface area (TPSA) is 44.5 Å². The summed E-state index contributed by atoms with van der Waals surface area (Å²) >= 11 is 0. The van der Waals surface area contributed by atoms with Crippen molar-refractivity contribution in [3.63, 3.8) is 0 Å². The molecule has 2 rings (SSSR count). The maximum Gasteiger partial charge on any atom is 0.161 e. The molecule has 0 saturated heterocycles. The third-order valence-corrected chi connectivity index (χ3v) is 2.84. The van der Waals surface area contributed by atoms with Crippen LogP contribution in [0.2, 0.25) is 0 Å². The number of fused-ring (bicyclic) bond motifs is 1. The largest absolute Gasteiger partial charge is 0.493 e. The molecule has 0 aromatic heterocycles. The third kappa shape index (κ3) is 2.86. The van der Waals surface area contributed by atoms with E-state index in [1.807, 2.05) is 12.1 Å². The van der Waals surface area contributed by atoms with Gasteiger partial charge < -0.3 is 15.2 Å². The van der Waals surface area contributed by atoms with Gasteiger partial charge in [-0.25, -0.2) is 0 Å². The van der Waals surface area contributed by atoms with E-state index in [4.69, 9.17) is 15.2 Å². The van der Waals surface area contributed by atoms with Crippen molar-refractivity contribution >= 4 is 23.2 Å². The van der Waals surface area contributed by atoms with E-state index in [1.165, 1.54) is 5.56 Å². The zero-order valence-corrected chi connectivity index (χ0v) is 11.4. The van der Waals surface area contributed by atoms with Crippen molar-refractivity contribution in [2.24, 2.45) is 5.73 Å². The molecule has 0 bridgehead atoms. The van der Waals surface area contributed by atoms with E-state index in [2.05, 4.69) is 18.2 Å². The van der Waals surface area contributed by atoms with Gasteiger partial charge >= 0.3 is 0 Å². The first-order valence-electron chi connectivity index (χ1n) is 5.63. The van der Waals surface area contributed by atoms with E-state index in [1.54, 1.807) is 14.2 Å². The Hall–Kier alpha value is -1.45. The molecule has 2 N–H and O–H groups in total. The minimum absolute atomic E-state index is 0. The zero-order chi connectivity index (χ0) is 12.3. The summed E-state index contributed by atoms with van der Waals surface area (Å²) in [6, 6.07) is 10.3. The van der Waals surface area contributed by atoms with Gasteiger partial charge in [0.15, 0.2) is 11.5 Å². The minimum atomic E-state index is 0. The second-order valence-corrected chi connectivity index (χ2v) is 3.93. The van der Waals surface area contributed by atoms with Crippen molar-refractivity contribution in [1.29, 1.82) is 0 Å². The standard InChI is InChI=1S/C14H17NO2.ClH/c1-16-13-8-11-4-3-10(5-6-15)7-12(11)9-14(13)17-2;/h3-4,7-9H,5-6,15H2,1-2H3;1H. The Kier molecular flexibility index (Phi) is 5.25. The average molecular weight is 268 g/mol. The summed E-state index contributed by atoms with van der Waals surface area (Å²) in [5, 5.41) is 2.29. The zero-order valence-electron chi connectivity index (χ0n) is 10.6. The molecule has 4 heteroatoms. The fourth-order valence-corrected chi connectivity index (χ4v) is 1.95. The predicted octanol–water partition coefficient (Wildman–Crippen LogP) is 2.78. The second-order valence-electron chi connectivity index (χ2n) is 3.93. The van der Waals surface area contributed by atoms with Gasteiger partial charge in [0.1, 0.15) is 0 Å². The summed E-state index contributed by atoms with van der Waals surface area (Å²) in [5.41, 5.74) is 6.80. The highest BCUT2D eigenvalue weighted by molar-refractivity contribution is 5.86. The van der Waals surface area contributed by atoms with Crippen LogP contribution in [0, 0.1) is 0 Å². The first-order valence-corrected chi connectivity index (χ1v) is 5.63. The van der Waals surface area contributed by atoms with E-state index < -0.39 is 0 Å². The summed E-state index contributed by atoms with van der Waals surface area (Å²) in [6.07, 6.45) is 0.893. The van der Waals surface area contributed by atoms with Crippen molar-refractivity contribution in [2.45, 2.75) is 6.42 Å². The molecule has 0 fully saturated rings. The van der Waals surface area contributed by atoms with Gasteiger partial charge in [-0.3, -0.25) is 0 Å². The van der Waals surface area contributed by atoms with Crippen LogP contribution >= 0.6 is 12.4 Å². The van der Waals surface area contributed by atoms with Crippen LogP contribution in [0.5, 0.6) is 11.5 Å². The normalized spacial score (nSPS) is 9.94. The summed E-state index contributed by atoms with van der Waals surface area (Å²) in [4.78, 5) is 0. The van der Waals surface area contributed by atoms with E-state index in [-0.39, 0.29) is 12.4 Å². The molecule has 0 aliphatic heterocycles. The Bertz CT molecular complexity index is 528. The van der Waals surface area contributed by atoms with Crippen LogP contribution in [0.15, 0.2) is 30.3 Å². The molecule has 0 atom stereocenters. The molecule has 3 nitrogen and oxygen atoms in total. The molecule has 0 saturated carbocycles. The summed E-state index contributed by atoms with van der Waals surface area (Å²) in [7, 11) is 3.29. The van der Waals surface area contributed by atoms with E-state index in [9.17, 15) is 0 Å². The molecule has 0 aliphatic rings. The van der Waals surface area contributed by atoms with E-state index in [0.29, 0.717) is 6.54 Å². The lowest BCUT2D eigenvalue weighted by Gasteiger charge is -2.10. The monoisotopic (exact) mass is 267 g/mol. The molecule has 2 aromatic rings. The van der Waals surface area contributed by atoms with Crippen LogP contribution < -0.4 is 15.2 Å². The second kappa shape index (κ2) is 6.47. The quantitative estimate of drug-likeness (QED) is 0.926. The number of hydrogen-bond donors (Lipinski definition) is 1. The van der Waals surface area contributed by atoms with Gasteiger partial charge in [0.05, 0.1) is 14.2 Å². The molecule has 0 amide bonds. The lowest BCUT2D eigenvalue weighted by Crippen LogP contribution is -2.02. The summed E-state index contributed by atoms with van der Waals surface area (Å²) in [6.45, 7) is 0.665. The average Bonchev–Trinajstić information content (AvgIpc) is 2.37. The van der Waals surface area contributed by atoms with E-state index in [0.717, 1.165) is 28.7 Å². The Morgan fingerprint density at radius 3 is 2.11 bits per heavy atom. The van der Waals surface area contributed by atoms with Gasteiger partial charge in [-0.1, -0.05) is 18.2 Å². The fraction of sp³-hybridized carbons (Fsp3) is 0.286. The van der Waals surface area contributed by atoms with Crippen LogP contribution in [0.4, 0.5) is 0 Å². The number of nitrogens with two attached hydrogens (primary N) is 1. The number of hydrogen-bond acceptors (Lipinski definition) is 3. The maximum absolute atomic E-state index is 5.56. The predicted molar refractivity (Wildman–Crippen MR) is 77.1 cm³/mol. The number of rotatable bonds is 4. The minimum Gasteiger partial charge on any atom is -0.493 e. The van der Waals surface area contributed by atoms with Crippen molar-refractivity contribution in [3.05, 3.63) is 35.9 Å². The van der Waals surface area contributed by atoms with Crippen molar-refractivity contribution < 1.29 is 9.47 Å². The molecule has 0 heterocycles. The molecule has 0 aliphatic carbocycles. The third-order valence-electron chi connectivity index (χ3n) is 2.84. The van der Waals surface area contributed by atoms with Crippen molar-refractivity contribution in [1.82, 2.24) is 0 Å². The smallest absolute Gasteiger partial charge is 0.161 e. The van der Waals surface area contributed by atoms with Gasteiger partial charge in [-0.15, -0.1) is 12.4 Å². The summed E-state index contributed by atoms with van der Waals surface area (Å²) in [5.74, 6) is 1.51. The summed E-state index contributed by atoms with van der Waals surface area (Å²) < 4.78 is 10.6. The van der Waals surface area contributed by atoms with Crippen LogP contribution in [0.1, 0.15) is 5.56 Å². The number of ether oxygens (including phenoxy) is 2. The van der Waals surface area contributed by atoms with Crippen LogP contribution in [-0.4, -0.2) is 20.8 Å². The van der Waals surface area contributed by atoms with Gasteiger partial charge in [-0.05, 0) is 41.4 Å². The highest BCUT2D eigenvalue weighted by Gasteiger charge is 2.06. The Balaban J connectivity index is 0.00000162. The van der Waals surface area contributed by atoms with Crippen molar-refractivity contribution in [2.75, 3.05) is 20.8 Å². The number of benzene rings is 2. The molecule has 2 aromatic carbocycles. The lowest BCUT2D eigenvalue weighted by atomic mass is 10.0. The first-order chi connectivity index (χ1) is 8.28. The van der Waals surface area contributed by atoms with Crippen LogP contribution in [-0.2, 0) is 6.42 Å². The van der Waals surface area contributed by atoms with Gasteiger partial charge in [0.2, 0.25) is 0 Å². The number of halogens is 1. The molecule has 0 spiro atoms. The van der Waals surface area contributed by atoms with E-state index >= 15 is 0 Å². The first kappa shape index (κ1) is 14.6. The van der Waals surface area contributed by atoms with Gasteiger partial charge in [-0.2, -0.15) is 0 Å². The van der Waals surface area contributed by atoms with Crippen LogP contribution in [0.3, 0.4) is 0 Å². The van der Waals surface area contributed by atoms with Crippen molar-refractivity contribution in [3.8, 4) is 11.5 Å². The highest BCUT2D eigenvalue weighted by atomic mass is 35.5. The lowest BCUT2D eigenvalue weighted by molar-refractivity contribution is 0.356. The molecule has 18 heavy (non-hydrogen) atoms. The Morgan fingerprint density at radius 1 is 0.944 bits per heavy atom. The van der Waals surface area contributed by atoms with Crippen LogP contribution in [0.25, 0.3) is 10.8 Å². The molecule has 98 valence electrons. The molecule has 0 radical (unpaired) electrons. The highest BCUT2D eigenvalue weighted by Crippen LogP contribution is 2.32. The molecule has 0 unspecified atom stereocenters. The Morgan fingerprint density at radius 2 is 1.56 bits per heavy atom.